The highest BCUT2D eigenvalue weighted by Crippen LogP contribution is 2.38. The number of likely N-dealkylation sites (N-methyl/N-ethyl adjacent to an activating group) is 1. The molecule has 0 aliphatic rings. The topological polar surface area (TPSA) is 114 Å². The summed E-state index contributed by atoms with van der Waals surface area (Å²) >= 11 is 0. The number of carbonyl (C=O) groups excluding carboxylic acids is 2. The first-order valence-electron chi connectivity index (χ1n) is 33.6. The van der Waals surface area contributed by atoms with Gasteiger partial charge >= 0.3 is 5.97 Å². The molecule has 0 saturated carbocycles. The zero-order valence-corrected chi connectivity index (χ0v) is 53.7. The molecule has 0 aliphatic heterocycles. The van der Waals surface area contributed by atoms with Crippen molar-refractivity contribution in [3.63, 3.8) is 0 Å². The van der Waals surface area contributed by atoms with E-state index in [9.17, 15) is 19.0 Å². The monoisotopic (exact) mass is 1130 g/mol. The highest BCUT2D eigenvalue weighted by Gasteiger charge is 2.27. The number of hydrogen-bond donors (Lipinski definition) is 1. The summed E-state index contributed by atoms with van der Waals surface area (Å²) in [5.41, 5.74) is 0. The molecule has 0 spiro atoms. The van der Waals surface area contributed by atoms with E-state index in [-0.39, 0.29) is 18.9 Å². The molecule has 0 aromatic rings. The van der Waals surface area contributed by atoms with E-state index in [0.29, 0.717) is 23.9 Å². The van der Waals surface area contributed by atoms with Crippen LogP contribution in [0.3, 0.4) is 0 Å². The van der Waals surface area contributed by atoms with Crippen molar-refractivity contribution in [2.45, 2.75) is 328 Å². The van der Waals surface area contributed by atoms with Gasteiger partial charge < -0.3 is 28.5 Å². The minimum Gasteiger partial charge on any atom is -0.756 e. The molecule has 0 fully saturated rings. The van der Waals surface area contributed by atoms with Crippen molar-refractivity contribution >= 4 is 19.7 Å². The zero-order chi connectivity index (χ0) is 57.9. The van der Waals surface area contributed by atoms with Crippen LogP contribution in [0.25, 0.3) is 0 Å². The quantitative estimate of drug-likeness (QED) is 0.0212. The number of quaternary nitrogens is 1. The maximum Gasteiger partial charge on any atom is 0.306 e. The number of amides is 1. The Balaban J connectivity index is 5.05. The Kier molecular flexibility index (Phi) is 57.2. The number of hydrogen-bond acceptors (Lipinski definition) is 7. The van der Waals surface area contributed by atoms with Crippen LogP contribution < -0.4 is 10.2 Å². The number of phosphoric acid groups is 1. The summed E-state index contributed by atoms with van der Waals surface area (Å²) in [6.45, 7) is 6.80. The van der Waals surface area contributed by atoms with Gasteiger partial charge in [-0.3, -0.25) is 14.2 Å². The summed E-state index contributed by atoms with van der Waals surface area (Å²) in [5.74, 6) is -0.609. The molecule has 0 radical (unpaired) electrons. The van der Waals surface area contributed by atoms with Crippen LogP contribution in [0.5, 0.6) is 0 Å². The summed E-state index contributed by atoms with van der Waals surface area (Å²) in [6, 6.07) is -0.910. The molecule has 0 aromatic heterocycles. The van der Waals surface area contributed by atoms with Gasteiger partial charge in [0.05, 0.1) is 33.8 Å². The molecule has 3 unspecified atom stereocenters. The number of nitrogens with zero attached hydrogens (tertiary/aromatic N) is 1. The zero-order valence-electron chi connectivity index (χ0n) is 52.8. The third-order valence-electron chi connectivity index (χ3n) is 14.9. The first-order valence-corrected chi connectivity index (χ1v) is 35.1. The molecule has 0 aliphatic carbocycles. The van der Waals surface area contributed by atoms with E-state index in [1.165, 1.54) is 218 Å². The fraction of sp³-hybridized carbons (Fsp3) is 0.826. The van der Waals surface area contributed by atoms with Crippen LogP contribution in [0.2, 0.25) is 0 Å². The second kappa shape index (κ2) is 58.9. The van der Waals surface area contributed by atoms with Gasteiger partial charge in [-0.25, -0.2) is 0 Å². The van der Waals surface area contributed by atoms with Crippen molar-refractivity contribution in [1.29, 1.82) is 0 Å². The Labute approximate surface area is 490 Å². The van der Waals surface area contributed by atoms with Crippen molar-refractivity contribution in [3.8, 4) is 0 Å². The molecular formula is C69H129N2O7P. The van der Waals surface area contributed by atoms with E-state index in [0.717, 1.165) is 57.8 Å². The molecule has 0 rings (SSSR count). The maximum absolute atomic E-state index is 13.6. The number of rotatable bonds is 61. The average molecular weight is 1130 g/mol. The van der Waals surface area contributed by atoms with Crippen LogP contribution in [-0.4, -0.2) is 69.4 Å². The van der Waals surface area contributed by atoms with Gasteiger partial charge in [-0.05, 0) is 83.1 Å². The van der Waals surface area contributed by atoms with Gasteiger partial charge in [-0.2, -0.15) is 0 Å². The molecule has 3 atom stereocenters. The number of ether oxygens (including phenoxy) is 1. The van der Waals surface area contributed by atoms with E-state index in [1.54, 1.807) is 0 Å². The number of allylic oxidation sites excluding steroid dienone is 9. The Morgan fingerprint density at radius 3 is 1.19 bits per heavy atom. The van der Waals surface area contributed by atoms with Crippen LogP contribution in [0.1, 0.15) is 316 Å². The fourth-order valence-electron chi connectivity index (χ4n) is 9.72. The largest absolute Gasteiger partial charge is 0.756 e. The predicted octanol–water partition coefficient (Wildman–Crippen LogP) is 20.4. The van der Waals surface area contributed by atoms with Crippen molar-refractivity contribution in [3.05, 3.63) is 60.8 Å². The molecule has 10 heteroatoms. The van der Waals surface area contributed by atoms with Gasteiger partial charge in [-0.1, -0.05) is 281 Å². The number of phosphoric ester groups is 1. The lowest BCUT2D eigenvalue weighted by Gasteiger charge is -2.30. The van der Waals surface area contributed by atoms with Crippen molar-refractivity contribution < 1.29 is 37.3 Å². The van der Waals surface area contributed by atoms with Gasteiger partial charge in [0, 0.05) is 12.8 Å². The lowest BCUT2D eigenvalue weighted by molar-refractivity contribution is -0.870. The van der Waals surface area contributed by atoms with E-state index in [1.807, 2.05) is 39.4 Å². The molecule has 0 bridgehead atoms. The molecule has 0 aromatic carbocycles. The summed E-state index contributed by atoms with van der Waals surface area (Å²) < 4.78 is 30.3. The second-order valence-electron chi connectivity index (χ2n) is 24.0. The SMILES string of the molecule is CCCCC/C=C\C/C=C\CCCCCCCCCCCCCCCCCCCC(=O)NC(COP(=O)([O-])OCC[N+](C)(C)C)C(/C=C\CCCCCCCCCCCCC)OC(=O)CC/C=C/C/C=C\CCCCCCCC. The van der Waals surface area contributed by atoms with Crippen LogP contribution in [0, 0.1) is 0 Å². The molecule has 1 N–H and O–H groups in total. The summed E-state index contributed by atoms with van der Waals surface area (Å²) in [7, 11) is 1.17. The van der Waals surface area contributed by atoms with Crippen LogP contribution in [0.4, 0.5) is 0 Å². The molecule has 462 valence electrons. The first-order chi connectivity index (χ1) is 38.4. The van der Waals surface area contributed by atoms with E-state index >= 15 is 0 Å². The van der Waals surface area contributed by atoms with Gasteiger partial charge in [0.25, 0.3) is 7.82 Å². The van der Waals surface area contributed by atoms with E-state index in [2.05, 4.69) is 68.6 Å². The Morgan fingerprint density at radius 1 is 0.443 bits per heavy atom. The Hall–Kier alpha value is -2.29. The molecule has 79 heavy (non-hydrogen) atoms. The highest BCUT2D eigenvalue weighted by molar-refractivity contribution is 7.45. The third kappa shape index (κ3) is 60.1. The van der Waals surface area contributed by atoms with Crippen molar-refractivity contribution in [2.75, 3.05) is 40.9 Å². The lowest BCUT2D eigenvalue weighted by atomic mass is 10.0. The second-order valence-corrected chi connectivity index (χ2v) is 25.4. The molecule has 9 nitrogen and oxygen atoms in total. The Bertz CT molecular complexity index is 1540. The van der Waals surface area contributed by atoms with E-state index in [4.69, 9.17) is 13.8 Å². The van der Waals surface area contributed by atoms with Gasteiger partial charge in [0.2, 0.25) is 5.91 Å². The molecule has 0 heterocycles. The standard InChI is InChI=1S/C69H129N2O7P/c1-7-10-13-16-19-22-25-28-29-30-31-32-33-34-35-36-37-38-39-40-41-44-46-49-52-55-58-61-68(72)70-66(65-77-79(74,75)76-64-63-71(4,5)6)67(60-57-54-51-48-45-42-26-23-20-17-14-11-8-2)78-69(73)62-59-56-53-50-47-43-27-24-21-18-15-12-9-3/h19,22,28-29,43,47,53,56-57,60,66-67H,7-18,20-21,23-27,30-42,44-46,48-52,54-55,58-59,61-65H2,1-6H3,(H-,70,72,74,75)/b22-19-,29-28-,47-43-,56-53+,60-57-. The first kappa shape index (κ1) is 76.7. The van der Waals surface area contributed by atoms with Crippen LogP contribution in [0.15, 0.2) is 60.8 Å². The molecule has 0 saturated heterocycles. The smallest absolute Gasteiger partial charge is 0.306 e. The average Bonchev–Trinajstić information content (AvgIpc) is 3.41. The van der Waals surface area contributed by atoms with Crippen molar-refractivity contribution in [1.82, 2.24) is 5.32 Å². The van der Waals surface area contributed by atoms with E-state index < -0.39 is 32.5 Å². The van der Waals surface area contributed by atoms with Crippen LogP contribution in [-0.2, 0) is 27.9 Å². The molecule has 1 amide bonds. The maximum atomic E-state index is 13.6. The minimum absolute atomic E-state index is 0.0294. The highest BCUT2D eigenvalue weighted by atomic mass is 31.2. The van der Waals surface area contributed by atoms with Gasteiger partial charge in [-0.15, -0.1) is 0 Å². The summed E-state index contributed by atoms with van der Waals surface area (Å²) in [6.07, 6.45) is 75.0. The third-order valence-corrected chi connectivity index (χ3v) is 15.9. The number of carbonyl (C=O) groups is 2. The predicted molar refractivity (Wildman–Crippen MR) is 339 cm³/mol. The number of esters is 1. The van der Waals surface area contributed by atoms with Crippen molar-refractivity contribution in [2.24, 2.45) is 0 Å². The Morgan fingerprint density at radius 2 is 0.785 bits per heavy atom. The number of unbranched alkanes of at least 4 members (excludes halogenated alkanes) is 37. The summed E-state index contributed by atoms with van der Waals surface area (Å²) in [4.78, 5) is 40.0. The summed E-state index contributed by atoms with van der Waals surface area (Å²) in [5, 5.41) is 3.02. The fourth-order valence-corrected chi connectivity index (χ4v) is 10.4. The normalized spacial score (nSPS) is 14.0. The molecular weight excluding hydrogens is 1000 g/mol. The number of nitrogens with one attached hydrogen (secondary N) is 1. The van der Waals surface area contributed by atoms with Gasteiger partial charge in [0.1, 0.15) is 19.3 Å². The lowest BCUT2D eigenvalue weighted by Crippen LogP contribution is -2.47. The minimum atomic E-state index is -4.71. The van der Waals surface area contributed by atoms with Crippen LogP contribution >= 0.6 is 7.82 Å². The van der Waals surface area contributed by atoms with Gasteiger partial charge in [0.15, 0.2) is 0 Å².